The van der Waals surface area contributed by atoms with Crippen molar-refractivity contribution >= 4 is 17.4 Å². The van der Waals surface area contributed by atoms with Crippen LogP contribution in [0.25, 0.3) is 0 Å². The second kappa shape index (κ2) is 4.97. The molecule has 0 aliphatic heterocycles. The molecule has 2 aromatic carbocycles. The number of aromatic hydroxyl groups is 3. The Bertz CT molecular complexity index is 686. The van der Waals surface area contributed by atoms with Crippen molar-refractivity contribution in [3.05, 3.63) is 52.5 Å². The molecule has 1 aliphatic rings. The minimum absolute atomic E-state index is 0.0716. The van der Waals surface area contributed by atoms with E-state index in [1.54, 1.807) is 12.1 Å². The average molecular weight is 305 g/mol. The maximum absolute atomic E-state index is 12.4. The molecule has 0 amide bonds. The predicted octanol–water partition coefficient (Wildman–Crippen LogP) is 3.44. The molecule has 0 aromatic heterocycles. The van der Waals surface area contributed by atoms with Crippen LogP contribution in [0.5, 0.6) is 17.2 Å². The SMILES string of the molecule is O=C(c1c(O)cc(O)cc1O)C1CC1c1ccc(Cl)cc1. The van der Waals surface area contributed by atoms with Crippen LogP contribution in [0.4, 0.5) is 0 Å². The van der Waals surface area contributed by atoms with Gasteiger partial charge in [-0.25, -0.2) is 0 Å². The smallest absolute Gasteiger partial charge is 0.174 e. The summed E-state index contributed by atoms with van der Waals surface area (Å²) in [6, 6.07) is 9.38. The summed E-state index contributed by atoms with van der Waals surface area (Å²) in [7, 11) is 0. The van der Waals surface area contributed by atoms with Crippen LogP contribution in [0.1, 0.15) is 28.3 Å². The van der Waals surface area contributed by atoms with Gasteiger partial charge < -0.3 is 15.3 Å². The number of phenols is 3. The van der Waals surface area contributed by atoms with Gasteiger partial charge in [-0.05, 0) is 30.0 Å². The van der Waals surface area contributed by atoms with Crippen molar-refractivity contribution in [1.29, 1.82) is 0 Å². The summed E-state index contributed by atoms with van der Waals surface area (Å²) >= 11 is 5.83. The summed E-state index contributed by atoms with van der Waals surface area (Å²) in [5, 5.41) is 29.4. The highest BCUT2D eigenvalue weighted by Gasteiger charge is 2.45. The number of halogens is 1. The third-order valence-electron chi connectivity index (χ3n) is 3.75. The third-order valence-corrected chi connectivity index (χ3v) is 4.01. The van der Waals surface area contributed by atoms with Gasteiger partial charge in [0.2, 0.25) is 0 Å². The number of carbonyl (C=O) groups is 1. The monoisotopic (exact) mass is 304 g/mol. The zero-order chi connectivity index (χ0) is 15.1. The molecule has 5 heteroatoms. The highest BCUT2D eigenvalue weighted by Crippen LogP contribution is 2.51. The van der Waals surface area contributed by atoms with Crippen LogP contribution < -0.4 is 0 Å². The Labute approximate surface area is 126 Å². The minimum atomic E-state index is -0.403. The lowest BCUT2D eigenvalue weighted by molar-refractivity contribution is 0.0960. The van der Waals surface area contributed by atoms with Crippen molar-refractivity contribution in [2.45, 2.75) is 12.3 Å². The molecule has 2 atom stereocenters. The number of carbonyl (C=O) groups excluding carboxylic acids is 1. The highest BCUT2D eigenvalue weighted by atomic mass is 35.5. The van der Waals surface area contributed by atoms with Gasteiger partial charge in [0.1, 0.15) is 22.8 Å². The van der Waals surface area contributed by atoms with E-state index in [-0.39, 0.29) is 28.9 Å². The van der Waals surface area contributed by atoms with Crippen LogP contribution in [-0.2, 0) is 0 Å². The quantitative estimate of drug-likeness (QED) is 0.759. The van der Waals surface area contributed by atoms with Crippen LogP contribution in [0.15, 0.2) is 36.4 Å². The highest BCUT2D eigenvalue weighted by molar-refractivity contribution is 6.30. The summed E-state index contributed by atoms with van der Waals surface area (Å²) in [6.45, 7) is 0. The van der Waals surface area contributed by atoms with E-state index >= 15 is 0 Å². The molecule has 2 unspecified atom stereocenters. The molecule has 0 heterocycles. The molecule has 21 heavy (non-hydrogen) atoms. The number of phenolic OH excluding ortho intramolecular Hbond substituents is 3. The number of hydrogen-bond acceptors (Lipinski definition) is 4. The van der Waals surface area contributed by atoms with Crippen LogP contribution in [0.3, 0.4) is 0 Å². The Kier molecular flexibility index (Phi) is 3.26. The van der Waals surface area contributed by atoms with Gasteiger partial charge in [0, 0.05) is 23.1 Å². The molecular formula is C16H13ClO4. The van der Waals surface area contributed by atoms with E-state index in [1.807, 2.05) is 12.1 Å². The van der Waals surface area contributed by atoms with Crippen molar-refractivity contribution in [2.24, 2.45) is 5.92 Å². The lowest BCUT2D eigenvalue weighted by Crippen LogP contribution is -2.04. The summed E-state index contributed by atoms with van der Waals surface area (Å²) < 4.78 is 0. The van der Waals surface area contributed by atoms with E-state index in [9.17, 15) is 20.1 Å². The Morgan fingerprint density at radius 2 is 1.62 bits per heavy atom. The Morgan fingerprint density at radius 1 is 1.05 bits per heavy atom. The first-order valence-corrected chi connectivity index (χ1v) is 6.90. The van der Waals surface area contributed by atoms with E-state index in [4.69, 9.17) is 11.6 Å². The molecule has 0 radical (unpaired) electrons. The van der Waals surface area contributed by atoms with Crippen molar-refractivity contribution in [3.63, 3.8) is 0 Å². The summed E-state index contributed by atoms with van der Waals surface area (Å²) in [6.07, 6.45) is 0.667. The Morgan fingerprint density at radius 3 is 2.19 bits per heavy atom. The van der Waals surface area contributed by atoms with Crippen LogP contribution >= 0.6 is 11.6 Å². The van der Waals surface area contributed by atoms with Crippen LogP contribution in [0, 0.1) is 5.92 Å². The van der Waals surface area contributed by atoms with Gasteiger partial charge in [0.15, 0.2) is 5.78 Å². The van der Waals surface area contributed by atoms with Crippen molar-refractivity contribution in [2.75, 3.05) is 0 Å². The molecule has 0 bridgehead atoms. The van der Waals surface area contributed by atoms with Gasteiger partial charge in [0.25, 0.3) is 0 Å². The normalized spacial score (nSPS) is 20.2. The fraction of sp³-hybridized carbons (Fsp3) is 0.188. The van der Waals surface area contributed by atoms with Crippen LogP contribution in [-0.4, -0.2) is 21.1 Å². The first kappa shape index (κ1) is 13.8. The minimum Gasteiger partial charge on any atom is -0.508 e. The van der Waals surface area contributed by atoms with Crippen LogP contribution in [0.2, 0.25) is 5.02 Å². The van der Waals surface area contributed by atoms with E-state index in [0.29, 0.717) is 11.4 Å². The molecule has 0 spiro atoms. The van der Waals surface area contributed by atoms with Crippen molar-refractivity contribution < 1.29 is 20.1 Å². The summed E-state index contributed by atoms with van der Waals surface area (Å²) in [4.78, 5) is 12.4. The third kappa shape index (κ3) is 2.54. The first-order valence-electron chi connectivity index (χ1n) is 6.52. The Balaban J connectivity index is 1.84. The number of benzene rings is 2. The molecule has 1 fully saturated rings. The van der Waals surface area contributed by atoms with Gasteiger partial charge in [0.05, 0.1) is 0 Å². The molecule has 2 aromatic rings. The zero-order valence-electron chi connectivity index (χ0n) is 11.0. The fourth-order valence-corrected chi connectivity index (χ4v) is 2.72. The average Bonchev–Trinajstić information content (AvgIpc) is 3.18. The molecular weight excluding hydrogens is 292 g/mol. The molecule has 3 rings (SSSR count). The lowest BCUT2D eigenvalue weighted by atomic mass is 10.0. The summed E-state index contributed by atoms with van der Waals surface area (Å²) in [5.74, 6) is -1.61. The van der Waals surface area contributed by atoms with Gasteiger partial charge in [-0.3, -0.25) is 4.79 Å². The number of Topliss-reactive ketones (excluding diaryl/α,β-unsaturated/α-hetero) is 1. The van der Waals surface area contributed by atoms with Crippen molar-refractivity contribution in [3.8, 4) is 17.2 Å². The van der Waals surface area contributed by atoms with Gasteiger partial charge in [-0.2, -0.15) is 0 Å². The Hall–Kier alpha value is -2.20. The second-order valence-corrected chi connectivity index (χ2v) is 5.66. The molecule has 0 saturated heterocycles. The van der Waals surface area contributed by atoms with Gasteiger partial charge in [-0.1, -0.05) is 23.7 Å². The molecule has 1 aliphatic carbocycles. The maximum atomic E-state index is 12.4. The molecule has 108 valence electrons. The van der Waals surface area contributed by atoms with E-state index < -0.39 is 11.5 Å². The van der Waals surface area contributed by atoms with Gasteiger partial charge in [-0.15, -0.1) is 0 Å². The molecule has 1 saturated carbocycles. The number of hydrogen-bond donors (Lipinski definition) is 3. The molecule has 4 nitrogen and oxygen atoms in total. The van der Waals surface area contributed by atoms with E-state index in [2.05, 4.69) is 0 Å². The van der Waals surface area contributed by atoms with E-state index in [1.165, 1.54) is 0 Å². The summed E-state index contributed by atoms with van der Waals surface area (Å²) in [5.41, 5.74) is 0.879. The predicted molar refractivity (Wildman–Crippen MR) is 78.1 cm³/mol. The van der Waals surface area contributed by atoms with Crippen molar-refractivity contribution in [1.82, 2.24) is 0 Å². The number of ketones is 1. The lowest BCUT2D eigenvalue weighted by Gasteiger charge is -2.07. The number of rotatable bonds is 3. The van der Waals surface area contributed by atoms with E-state index in [0.717, 1.165) is 17.7 Å². The zero-order valence-corrected chi connectivity index (χ0v) is 11.7. The molecule has 3 N–H and O–H groups in total. The largest absolute Gasteiger partial charge is 0.508 e. The van der Waals surface area contributed by atoms with Gasteiger partial charge >= 0.3 is 0 Å². The maximum Gasteiger partial charge on any atom is 0.174 e. The topological polar surface area (TPSA) is 77.8 Å². The fourth-order valence-electron chi connectivity index (χ4n) is 2.60. The first-order chi connectivity index (χ1) is 9.97. The second-order valence-electron chi connectivity index (χ2n) is 5.22. The standard InChI is InChI=1S/C16H13ClO4/c17-9-3-1-8(2-4-9)11-7-12(11)16(21)15-13(19)5-10(18)6-14(15)20/h1-6,11-12,18-20H,7H2.